The van der Waals surface area contributed by atoms with E-state index in [0.717, 1.165) is 6.07 Å². The first-order valence-corrected chi connectivity index (χ1v) is 7.07. The summed E-state index contributed by atoms with van der Waals surface area (Å²) in [5.74, 6) is -2.38. The molecule has 0 saturated carbocycles. The summed E-state index contributed by atoms with van der Waals surface area (Å²) in [5, 5.41) is 0.279. The van der Waals surface area contributed by atoms with E-state index in [2.05, 4.69) is 25.4 Å². The number of halogens is 4. The van der Waals surface area contributed by atoms with Crippen LogP contribution in [0.4, 0.5) is 13.2 Å². The molecule has 21 heavy (non-hydrogen) atoms. The van der Waals surface area contributed by atoms with Crippen LogP contribution in [0, 0.1) is 0 Å². The SMILES string of the molecule is CCOC(=O)c1cccc(C(=O)CCBr)c1OC(F)(F)F. The molecule has 1 aromatic carbocycles. The molecule has 0 aliphatic carbocycles. The van der Waals surface area contributed by atoms with Gasteiger partial charge in [0.25, 0.3) is 0 Å². The highest BCUT2D eigenvalue weighted by Crippen LogP contribution is 2.31. The summed E-state index contributed by atoms with van der Waals surface area (Å²) >= 11 is 3.03. The monoisotopic (exact) mass is 368 g/mol. The molecule has 0 aliphatic rings. The quantitative estimate of drug-likeness (QED) is 0.436. The fraction of sp³-hybridized carbons (Fsp3) is 0.385. The zero-order chi connectivity index (χ0) is 16.0. The van der Waals surface area contributed by atoms with Crippen molar-refractivity contribution in [1.82, 2.24) is 0 Å². The van der Waals surface area contributed by atoms with Gasteiger partial charge < -0.3 is 9.47 Å². The molecule has 0 radical (unpaired) electrons. The largest absolute Gasteiger partial charge is 0.573 e. The van der Waals surface area contributed by atoms with Crippen molar-refractivity contribution in [3.63, 3.8) is 0 Å². The third-order valence-corrected chi connectivity index (χ3v) is 2.75. The van der Waals surface area contributed by atoms with Gasteiger partial charge in [-0.3, -0.25) is 4.79 Å². The van der Waals surface area contributed by atoms with Gasteiger partial charge in [-0.2, -0.15) is 0 Å². The Balaban J connectivity index is 3.33. The Kier molecular flexibility index (Phi) is 6.19. The second kappa shape index (κ2) is 7.44. The fourth-order valence-electron chi connectivity index (χ4n) is 1.57. The molecule has 0 N–H and O–H groups in total. The first kappa shape index (κ1) is 17.5. The van der Waals surface area contributed by atoms with Crippen molar-refractivity contribution in [3.05, 3.63) is 29.3 Å². The van der Waals surface area contributed by atoms with Crippen LogP contribution in [0.2, 0.25) is 0 Å². The van der Waals surface area contributed by atoms with E-state index in [1.54, 1.807) is 0 Å². The van der Waals surface area contributed by atoms with Gasteiger partial charge in [0.15, 0.2) is 11.5 Å². The molecule has 4 nitrogen and oxygen atoms in total. The number of hydrogen-bond acceptors (Lipinski definition) is 4. The number of benzene rings is 1. The molecule has 0 atom stereocenters. The number of hydrogen-bond donors (Lipinski definition) is 0. The van der Waals surface area contributed by atoms with Gasteiger partial charge in [0.05, 0.1) is 12.2 Å². The predicted octanol–water partition coefficient (Wildman–Crippen LogP) is 3.73. The molecular formula is C13H12BrF3O4. The Labute approximate surface area is 127 Å². The van der Waals surface area contributed by atoms with E-state index in [1.165, 1.54) is 19.1 Å². The second-order valence-electron chi connectivity index (χ2n) is 3.81. The zero-order valence-electron chi connectivity index (χ0n) is 11.0. The molecule has 0 spiro atoms. The van der Waals surface area contributed by atoms with Crippen LogP contribution in [-0.4, -0.2) is 30.1 Å². The van der Waals surface area contributed by atoms with Crippen molar-refractivity contribution >= 4 is 27.7 Å². The average Bonchev–Trinajstić information content (AvgIpc) is 2.37. The molecule has 0 saturated heterocycles. The lowest BCUT2D eigenvalue weighted by molar-refractivity contribution is -0.274. The molecule has 0 heterocycles. The van der Waals surface area contributed by atoms with Gasteiger partial charge in [0.2, 0.25) is 0 Å². The first-order valence-electron chi connectivity index (χ1n) is 5.95. The first-order chi connectivity index (χ1) is 9.80. The van der Waals surface area contributed by atoms with Crippen molar-refractivity contribution < 1.29 is 32.2 Å². The van der Waals surface area contributed by atoms with Crippen LogP contribution >= 0.6 is 15.9 Å². The average molecular weight is 369 g/mol. The van der Waals surface area contributed by atoms with Gasteiger partial charge in [0.1, 0.15) is 5.56 Å². The molecule has 1 rings (SSSR count). The molecule has 116 valence electrons. The van der Waals surface area contributed by atoms with Gasteiger partial charge in [0, 0.05) is 11.8 Å². The highest BCUT2D eigenvalue weighted by molar-refractivity contribution is 9.09. The smallest absolute Gasteiger partial charge is 0.462 e. The summed E-state index contributed by atoms with van der Waals surface area (Å²) in [4.78, 5) is 23.5. The van der Waals surface area contributed by atoms with E-state index < -0.39 is 29.4 Å². The Hall–Kier alpha value is -1.57. The van der Waals surface area contributed by atoms with Crippen LogP contribution in [0.3, 0.4) is 0 Å². The van der Waals surface area contributed by atoms with Gasteiger partial charge in [-0.05, 0) is 19.1 Å². The molecule has 0 aromatic heterocycles. The summed E-state index contributed by atoms with van der Waals surface area (Å²) in [6.07, 6.45) is -5.05. The molecule has 0 aliphatic heterocycles. The molecule has 0 bridgehead atoms. The number of rotatable bonds is 6. The maximum absolute atomic E-state index is 12.5. The van der Waals surface area contributed by atoms with Crippen molar-refractivity contribution in [2.24, 2.45) is 0 Å². The summed E-state index contributed by atoms with van der Waals surface area (Å²) in [5.41, 5.74) is -0.744. The van der Waals surface area contributed by atoms with Crippen molar-refractivity contribution in [2.45, 2.75) is 19.7 Å². The van der Waals surface area contributed by atoms with E-state index in [1.807, 2.05) is 0 Å². The minimum absolute atomic E-state index is 0.0101. The summed E-state index contributed by atoms with van der Waals surface area (Å²) in [6.45, 7) is 1.51. The minimum atomic E-state index is -5.02. The van der Waals surface area contributed by atoms with Gasteiger partial charge in [-0.15, -0.1) is 13.2 Å². The Morgan fingerprint density at radius 2 is 1.86 bits per heavy atom. The third-order valence-electron chi connectivity index (χ3n) is 2.35. The second-order valence-corrected chi connectivity index (χ2v) is 4.61. The van der Waals surface area contributed by atoms with Crippen LogP contribution in [-0.2, 0) is 4.74 Å². The maximum Gasteiger partial charge on any atom is 0.573 e. The highest BCUT2D eigenvalue weighted by Gasteiger charge is 2.35. The maximum atomic E-state index is 12.5. The number of para-hydroxylation sites is 1. The van der Waals surface area contributed by atoms with Crippen molar-refractivity contribution in [2.75, 3.05) is 11.9 Å². The number of carbonyl (C=O) groups excluding carboxylic acids is 2. The summed E-state index contributed by atoms with van der Waals surface area (Å²) in [7, 11) is 0. The van der Waals surface area contributed by atoms with E-state index in [4.69, 9.17) is 0 Å². The number of ketones is 1. The molecule has 0 fully saturated rings. The Bertz CT molecular complexity index is 492. The molecule has 8 heteroatoms. The van der Waals surface area contributed by atoms with Crippen molar-refractivity contribution in [3.8, 4) is 5.75 Å². The minimum Gasteiger partial charge on any atom is -0.462 e. The Morgan fingerprint density at radius 1 is 1.24 bits per heavy atom. The lowest BCUT2D eigenvalue weighted by Gasteiger charge is -2.15. The van der Waals surface area contributed by atoms with E-state index in [0.29, 0.717) is 0 Å². The van der Waals surface area contributed by atoms with Crippen molar-refractivity contribution in [1.29, 1.82) is 0 Å². The number of ether oxygens (including phenoxy) is 2. The number of carbonyl (C=O) groups is 2. The van der Waals surface area contributed by atoms with E-state index in [9.17, 15) is 22.8 Å². The van der Waals surface area contributed by atoms with Gasteiger partial charge >= 0.3 is 12.3 Å². The molecule has 0 amide bonds. The summed E-state index contributed by atoms with van der Waals surface area (Å²) < 4.78 is 46.0. The van der Waals surface area contributed by atoms with Crippen LogP contribution in [0.1, 0.15) is 34.1 Å². The highest BCUT2D eigenvalue weighted by atomic mass is 79.9. The van der Waals surface area contributed by atoms with Crippen LogP contribution in [0.5, 0.6) is 5.75 Å². The van der Waals surface area contributed by atoms with Crippen LogP contribution < -0.4 is 4.74 Å². The zero-order valence-corrected chi connectivity index (χ0v) is 12.6. The lowest BCUT2D eigenvalue weighted by atomic mass is 10.0. The van der Waals surface area contributed by atoms with E-state index >= 15 is 0 Å². The topological polar surface area (TPSA) is 52.6 Å². The fourth-order valence-corrected chi connectivity index (χ4v) is 1.93. The molecular weight excluding hydrogens is 357 g/mol. The Morgan fingerprint density at radius 3 is 2.38 bits per heavy atom. The van der Waals surface area contributed by atoms with E-state index in [-0.39, 0.29) is 23.9 Å². The normalized spacial score (nSPS) is 11.1. The van der Waals surface area contributed by atoms with Crippen LogP contribution in [0.25, 0.3) is 0 Å². The summed E-state index contributed by atoms with van der Waals surface area (Å²) in [6, 6.07) is 3.59. The number of alkyl halides is 4. The third kappa shape index (κ3) is 5.04. The standard InChI is InChI=1S/C13H12BrF3O4/c1-2-20-12(19)9-5-3-4-8(10(18)6-7-14)11(9)21-13(15,16)17/h3-5H,2,6-7H2,1H3. The molecule has 1 aromatic rings. The van der Waals surface area contributed by atoms with Crippen LogP contribution in [0.15, 0.2) is 18.2 Å². The van der Waals surface area contributed by atoms with Gasteiger partial charge in [-0.1, -0.05) is 22.0 Å². The predicted molar refractivity (Wildman–Crippen MR) is 71.8 cm³/mol. The lowest BCUT2D eigenvalue weighted by Crippen LogP contribution is -2.22. The van der Waals surface area contributed by atoms with Gasteiger partial charge in [-0.25, -0.2) is 4.79 Å². The number of Topliss-reactive ketones (excluding diaryl/α,β-unsaturated/α-hetero) is 1. The number of esters is 1. The molecule has 0 unspecified atom stereocenters.